The van der Waals surface area contributed by atoms with Crippen molar-refractivity contribution in [2.45, 2.75) is 57.5 Å². The van der Waals surface area contributed by atoms with Crippen molar-refractivity contribution in [1.29, 1.82) is 0 Å². The lowest BCUT2D eigenvalue weighted by Crippen LogP contribution is -2.51. The minimum Gasteiger partial charge on any atom is -0.345 e. The zero-order chi connectivity index (χ0) is 14.3. The van der Waals surface area contributed by atoms with Crippen LogP contribution in [0.25, 0.3) is 0 Å². The third-order valence-electron chi connectivity index (χ3n) is 3.26. The van der Waals surface area contributed by atoms with E-state index in [0.29, 0.717) is 32.2 Å². The van der Waals surface area contributed by atoms with Gasteiger partial charge in [0.2, 0.25) is 11.8 Å². The Hall–Kier alpha value is -1.43. The highest BCUT2D eigenvalue weighted by Crippen LogP contribution is 2.14. The summed E-state index contributed by atoms with van der Waals surface area (Å²) in [7, 11) is 0. The van der Waals surface area contributed by atoms with Gasteiger partial charge in [-0.15, -0.1) is 0 Å². The van der Waals surface area contributed by atoms with Gasteiger partial charge in [0, 0.05) is 13.3 Å². The molecule has 0 bridgehead atoms. The molecular formula is C13H23N3O3. The molecule has 0 unspecified atom stereocenters. The molecule has 0 aromatic heterocycles. The van der Waals surface area contributed by atoms with Crippen LogP contribution >= 0.6 is 0 Å². The average Bonchev–Trinajstić information content (AvgIpc) is 2.36. The molecule has 0 aromatic carbocycles. The standard InChI is InChI=1S/C13H23N3O3/c1-9(17)15-11(6-4-8-14)13(19)16-10-5-2-3-7-12(10)18/h10-11H,2-8,14H2,1H3,(H,15,17)(H,16,19)/t10-,11+/m1/s1. The van der Waals surface area contributed by atoms with Gasteiger partial charge in [-0.05, 0) is 32.2 Å². The number of Topliss-reactive ketones (excluding diaryl/α,β-unsaturated/α-hetero) is 1. The molecule has 1 fully saturated rings. The molecule has 0 aromatic rings. The van der Waals surface area contributed by atoms with E-state index in [-0.39, 0.29) is 17.6 Å². The molecule has 0 heterocycles. The van der Waals surface area contributed by atoms with Crippen LogP contribution in [-0.2, 0) is 14.4 Å². The number of nitrogens with two attached hydrogens (primary N) is 1. The van der Waals surface area contributed by atoms with Crippen molar-refractivity contribution in [1.82, 2.24) is 10.6 Å². The van der Waals surface area contributed by atoms with Crippen molar-refractivity contribution in [3.05, 3.63) is 0 Å². The minimum atomic E-state index is -0.601. The molecule has 108 valence electrons. The Morgan fingerprint density at radius 3 is 2.74 bits per heavy atom. The van der Waals surface area contributed by atoms with E-state index in [2.05, 4.69) is 10.6 Å². The molecular weight excluding hydrogens is 246 g/mol. The molecule has 0 radical (unpaired) electrons. The molecule has 1 aliphatic rings. The Morgan fingerprint density at radius 2 is 2.16 bits per heavy atom. The molecule has 2 atom stereocenters. The van der Waals surface area contributed by atoms with Crippen LogP contribution in [0.4, 0.5) is 0 Å². The second kappa shape index (κ2) is 7.89. The summed E-state index contributed by atoms with van der Waals surface area (Å²) < 4.78 is 0. The van der Waals surface area contributed by atoms with Gasteiger partial charge in [-0.3, -0.25) is 14.4 Å². The van der Waals surface area contributed by atoms with Gasteiger partial charge in [0.05, 0.1) is 6.04 Å². The maximum atomic E-state index is 12.1. The number of carbonyl (C=O) groups is 3. The topological polar surface area (TPSA) is 101 Å². The van der Waals surface area contributed by atoms with E-state index < -0.39 is 12.1 Å². The van der Waals surface area contributed by atoms with Crippen molar-refractivity contribution in [3.8, 4) is 0 Å². The van der Waals surface area contributed by atoms with Gasteiger partial charge in [-0.2, -0.15) is 0 Å². The molecule has 0 aliphatic heterocycles. The van der Waals surface area contributed by atoms with Crippen LogP contribution in [0.5, 0.6) is 0 Å². The summed E-state index contributed by atoms with van der Waals surface area (Å²) in [5.41, 5.74) is 5.42. The highest BCUT2D eigenvalue weighted by Gasteiger charge is 2.27. The van der Waals surface area contributed by atoms with E-state index in [0.717, 1.165) is 12.8 Å². The Labute approximate surface area is 113 Å². The van der Waals surface area contributed by atoms with Crippen molar-refractivity contribution in [2.24, 2.45) is 5.73 Å². The normalized spacial score (nSPS) is 20.7. The van der Waals surface area contributed by atoms with E-state index >= 15 is 0 Å². The molecule has 1 rings (SSSR count). The molecule has 2 amide bonds. The maximum Gasteiger partial charge on any atom is 0.243 e. The molecule has 6 nitrogen and oxygen atoms in total. The fourth-order valence-corrected chi connectivity index (χ4v) is 2.24. The first-order chi connectivity index (χ1) is 9.04. The number of rotatable bonds is 6. The monoisotopic (exact) mass is 269 g/mol. The van der Waals surface area contributed by atoms with Crippen molar-refractivity contribution in [2.75, 3.05) is 6.54 Å². The lowest BCUT2D eigenvalue weighted by Gasteiger charge is -2.24. The number of carbonyl (C=O) groups excluding carboxylic acids is 3. The third-order valence-corrected chi connectivity index (χ3v) is 3.26. The van der Waals surface area contributed by atoms with Gasteiger partial charge in [0.15, 0.2) is 5.78 Å². The summed E-state index contributed by atoms with van der Waals surface area (Å²) in [6.07, 6.45) is 4.20. The molecule has 0 saturated heterocycles. The highest BCUT2D eigenvalue weighted by atomic mass is 16.2. The van der Waals surface area contributed by atoms with Crippen LogP contribution in [-0.4, -0.2) is 36.2 Å². The summed E-state index contributed by atoms with van der Waals surface area (Å²) in [6.45, 7) is 1.83. The largest absolute Gasteiger partial charge is 0.345 e. The Balaban J connectivity index is 2.54. The van der Waals surface area contributed by atoms with Crippen LogP contribution < -0.4 is 16.4 Å². The quantitative estimate of drug-likeness (QED) is 0.624. The zero-order valence-electron chi connectivity index (χ0n) is 11.4. The zero-order valence-corrected chi connectivity index (χ0v) is 11.4. The van der Waals surface area contributed by atoms with Crippen molar-refractivity contribution < 1.29 is 14.4 Å². The van der Waals surface area contributed by atoms with Crippen molar-refractivity contribution in [3.63, 3.8) is 0 Å². The van der Waals surface area contributed by atoms with Gasteiger partial charge in [-0.25, -0.2) is 0 Å². The van der Waals surface area contributed by atoms with Crippen LogP contribution in [0.2, 0.25) is 0 Å². The van der Waals surface area contributed by atoms with Crippen LogP contribution in [0.1, 0.15) is 45.4 Å². The first kappa shape index (κ1) is 15.6. The Kier molecular flexibility index (Phi) is 6.49. The van der Waals surface area contributed by atoms with E-state index in [1.165, 1.54) is 6.92 Å². The SMILES string of the molecule is CC(=O)N[C@@H](CCCN)C(=O)N[C@@H]1CCCCC1=O. The smallest absolute Gasteiger partial charge is 0.243 e. The molecule has 19 heavy (non-hydrogen) atoms. The third kappa shape index (κ3) is 5.38. The summed E-state index contributed by atoms with van der Waals surface area (Å²) in [5.74, 6) is -0.462. The van der Waals surface area contributed by atoms with E-state index in [9.17, 15) is 14.4 Å². The molecule has 1 aliphatic carbocycles. The van der Waals surface area contributed by atoms with Gasteiger partial charge < -0.3 is 16.4 Å². The number of ketones is 1. The Bertz CT molecular complexity index is 344. The molecule has 4 N–H and O–H groups in total. The molecule has 6 heteroatoms. The second-order valence-electron chi connectivity index (χ2n) is 4.96. The summed E-state index contributed by atoms with van der Waals surface area (Å²) >= 11 is 0. The van der Waals surface area contributed by atoms with Crippen LogP contribution in [0.15, 0.2) is 0 Å². The molecule has 1 saturated carbocycles. The van der Waals surface area contributed by atoms with E-state index in [4.69, 9.17) is 5.73 Å². The highest BCUT2D eigenvalue weighted by molar-refractivity contribution is 5.92. The summed E-state index contributed by atoms with van der Waals surface area (Å²) in [5, 5.41) is 5.34. The fraction of sp³-hybridized carbons (Fsp3) is 0.769. The second-order valence-corrected chi connectivity index (χ2v) is 4.96. The first-order valence-electron chi connectivity index (χ1n) is 6.85. The summed E-state index contributed by atoms with van der Waals surface area (Å²) in [6, 6.07) is -0.994. The number of amides is 2. The number of nitrogens with one attached hydrogen (secondary N) is 2. The minimum absolute atomic E-state index is 0.0833. The van der Waals surface area contributed by atoms with Gasteiger partial charge in [0.25, 0.3) is 0 Å². The van der Waals surface area contributed by atoms with Gasteiger partial charge in [0.1, 0.15) is 6.04 Å². The van der Waals surface area contributed by atoms with Gasteiger partial charge >= 0.3 is 0 Å². The van der Waals surface area contributed by atoms with Gasteiger partial charge in [-0.1, -0.05) is 6.42 Å². The maximum absolute atomic E-state index is 12.1. The lowest BCUT2D eigenvalue weighted by molar-refractivity contribution is -0.131. The number of hydrogen-bond acceptors (Lipinski definition) is 4. The van der Waals surface area contributed by atoms with Crippen LogP contribution in [0.3, 0.4) is 0 Å². The van der Waals surface area contributed by atoms with Crippen LogP contribution in [0, 0.1) is 0 Å². The van der Waals surface area contributed by atoms with E-state index in [1.54, 1.807) is 0 Å². The number of hydrogen-bond donors (Lipinski definition) is 3. The fourth-order valence-electron chi connectivity index (χ4n) is 2.24. The first-order valence-corrected chi connectivity index (χ1v) is 6.85. The Morgan fingerprint density at radius 1 is 1.42 bits per heavy atom. The predicted molar refractivity (Wildman–Crippen MR) is 71.3 cm³/mol. The molecule has 0 spiro atoms. The predicted octanol–water partition coefficient (Wildman–Crippen LogP) is -0.142. The lowest BCUT2D eigenvalue weighted by atomic mass is 9.94. The van der Waals surface area contributed by atoms with Crippen molar-refractivity contribution >= 4 is 17.6 Å². The van der Waals surface area contributed by atoms with E-state index in [1.807, 2.05) is 0 Å². The summed E-state index contributed by atoms with van der Waals surface area (Å²) in [4.78, 5) is 34.8. The average molecular weight is 269 g/mol.